The van der Waals surface area contributed by atoms with Crippen molar-refractivity contribution in [3.05, 3.63) is 78.6 Å². The van der Waals surface area contributed by atoms with E-state index in [-0.39, 0.29) is 0 Å². The Labute approximate surface area is 133 Å². The zero-order valence-electron chi connectivity index (χ0n) is 12.4. The first-order valence-electron chi connectivity index (χ1n) is 7.46. The second kappa shape index (κ2) is 5.88. The van der Waals surface area contributed by atoms with Crippen molar-refractivity contribution in [2.45, 2.75) is 6.54 Å². The monoisotopic (exact) mass is 301 g/mol. The van der Waals surface area contributed by atoms with Crippen molar-refractivity contribution in [2.24, 2.45) is 0 Å². The molecular weight excluding hydrogens is 286 g/mol. The number of para-hydroxylation sites is 1. The Balaban J connectivity index is 1.62. The van der Waals surface area contributed by atoms with Gasteiger partial charge in [0.2, 0.25) is 0 Å². The van der Waals surface area contributed by atoms with Crippen LogP contribution in [0.4, 0.5) is 5.69 Å². The highest BCUT2D eigenvalue weighted by atomic mass is 15.5. The predicted molar refractivity (Wildman–Crippen MR) is 90.4 cm³/mol. The molecule has 5 heteroatoms. The smallest absolute Gasteiger partial charge is 0.175 e. The maximum Gasteiger partial charge on any atom is 0.175 e. The fraction of sp³-hybridized carbons (Fsp3) is 0.0556. The van der Waals surface area contributed by atoms with Gasteiger partial charge in [0.05, 0.1) is 12.2 Å². The second-order valence-corrected chi connectivity index (χ2v) is 5.22. The van der Waals surface area contributed by atoms with E-state index in [0.29, 0.717) is 6.54 Å². The van der Waals surface area contributed by atoms with E-state index in [1.807, 2.05) is 48.5 Å². The summed E-state index contributed by atoms with van der Waals surface area (Å²) >= 11 is 0. The Hall–Kier alpha value is -3.21. The molecule has 112 valence electrons. The number of nitrogens with one attached hydrogen (secondary N) is 1. The van der Waals surface area contributed by atoms with Gasteiger partial charge in [-0.1, -0.05) is 54.6 Å². The molecule has 1 N–H and O–H groups in total. The van der Waals surface area contributed by atoms with Gasteiger partial charge >= 0.3 is 0 Å². The number of rotatable bonds is 4. The number of aromatic nitrogens is 4. The number of anilines is 1. The van der Waals surface area contributed by atoms with Gasteiger partial charge in [-0.15, -0.1) is 5.10 Å². The summed E-state index contributed by atoms with van der Waals surface area (Å²) in [4.78, 5) is 0. The summed E-state index contributed by atoms with van der Waals surface area (Å²) in [6.07, 6.45) is 0. The summed E-state index contributed by atoms with van der Waals surface area (Å²) in [5.74, 6) is 0.768. The van der Waals surface area contributed by atoms with E-state index in [4.69, 9.17) is 0 Å². The number of nitrogens with zero attached hydrogens (tertiary/aromatic N) is 4. The Kier molecular flexibility index (Phi) is 3.44. The van der Waals surface area contributed by atoms with E-state index in [2.05, 4.69) is 45.1 Å². The SMILES string of the molecule is c1ccc(-n2nnnc2CNc2cccc3ccccc23)cc1. The van der Waals surface area contributed by atoms with Crippen molar-refractivity contribution in [3.63, 3.8) is 0 Å². The van der Waals surface area contributed by atoms with Gasteiger partial charge in [-0.05, 0) is 34.0 Å². The van der Waals surface area contributed by atoms with Gasteiger partial charge in [0.1, 0.15) is 0 Å². The predicted octanol–water partition coefficient (Wildman–Crippen LogP) is 3.43. The quantitative estimate of drug-likeness (QED) is 0.627. The third kappa shape index (κ3) is 2.64. The van der Waals surface area contributed by atoms with Crippen LogP contribution >= 0.6 is 0 Å². The maximum atomic E-state index is 4.13. The molecule has 4 rings (SSSR count). The van der Waals surface area contributed by atoms with Gasteiger partial charge in [0.25, 0.3) is 0 Å². The topological polar surface area (TPSA) is 55.6 Å². The Bertz CT molecular complexity index is 925. The highest BCUT2D eigenvalue weighted by molar-refractivity contribution is 5.93. The van der Waals surface area contributed by atoms with Crippen molar-refractivity contribution in [1.82, 2.24) is 20.2 Å². The number of hydrogen-bond acceptors (Lipinski definition) is 4. The van der Waals surface area contributed by atoms with Crippen LogP contribution < -0.4 is 5.32 Å². The third-order valence-corrected chi connectivity index (χ3v) is 3.76. The first kappa shape index (κ1) is 13.5. The summed E-state index contributed by atoms with van der Waals surface area (Å²) in [6.45, 7) is 0.551. The van der Waals surface area contributed by atoms with Crippen LogP contribution in [-0.2, 0) is 6.54 Å². The van der Waals surface area contributed by atoms with Crippen molar-refractivity contribution in [2.75, 3.05) is 5.32 Å². The highest BCUT2D eigenvalue weighted by Gasteiger charge is 2.08. The summed E-state index contributed by atoms with van der Waals surface area (Å²) < 4.78 is 1.75. The van der Waals surface area contributed by atoms with Crippen LogP contribution in [0.5, 0.6) is 0 Å². The molecule has 4 aromatic rings. The molecule has 0 aliphatic rings. The first-order valence-corrected chi connectivity index (χ1v) is 7.46. The molecule has 0 spiro atoms. The first-order chi connectivity index (χ1) is 11.4. The molecule has 0 bridgehead atoms. The Morgan fingerprint density at radius 1 is 0.826 bits per heavy atom. The van der Waals surface area contributed by atoms with Gasteiger partial charge in [0, 0.05) is 11.1 Å². The molecule has 3 aromatic carbocycles. The molecule has 1 aromatic heterocycles. The molecule has 0 saturated carbocycles. The normalized spacial score (nSPS) is 10.8. The molecule has 5 nitrogen and oxygen atoms in total. The van der Waals surface area contributed by atoms with Crippen molar-refractivity contribution < 1.29 is 0 Å². The molecular formula is C18H15N5. The minimum absolute atomic E-state index is 0.551. The molecule has 1 heterocycles. The maximum absolute atomic E-state index is 4.13. The van der Waals surface area contributed by atoms with Crippen LogP contribution in [0, 0.1) is 0 Å². The Morgan fingerprint density at radius 2 is 1.61 bits per heavy atom. The molecule has 0 amide bonds. The summed E-state index contributed by atoms with van der Waals surface area (Å²) in [5, 5.41) is 17.8. The zero-order valence-corrected chi connectivity index (χ0v) is 12.4. The van der Waals surface area contributed by atoms with E-state index >= 15 is 0 Å². The number of tetrazole rings is 1. The second-order valence-electron chi connectivity index (χ2n) is 5.22. The molecule has 0 fully saturated rings. The fourth-order valence-corrected chi connectivity index (χ4v) is 2.64. The number of benzene rings is 3. The minimum Gasteiger partial charge on any atom is -0.377 e. The number of fused-ring (bicyclic) bond motifs is 1. The van der Waals surface area contributed by atoms with Gasteiger partial charge in [-0.25, -0.2) is 0 Å². The lowest BCUT2D eigenvalue weighted by Crippen LogP contribution is -2.08. The van der Waals surface area contributed by atoms with E-state index in [1.54, 1.807) is 4.68 Å². The van der Waals surface area contributed by atoms with E-state index in [1.165, 1.54) is 10.8 Å². The fourth-order valence-electron chi connectivity index (χ4n) is 2.64. The molecule has 0 atom stereocenters. The van der Waals surface area contributed by atoms with Crippen LogP contribution in [0.1, 0.15) is 5.82 Å². The third-order valence-electron chi connectivity index (χ3n) is 3.76. The average molecular weight is 301 g/mol. The van der Waals surface area contributed by atoms with E-state index in [0.717, 1.165) is 17.2 Å². The van der Waals surface area contributed by atoms with Crippen molar-refractivity contribution in [3.8, 4) is 5.69 Å². The van der Waals surface area contributed by atoms with E-state index < -0.39 is 0 Å². The van der Waals surface area contributed by atoms with Gasteiger partial charge in [-0.3, -0.25) is 0 Å². The van der Waals surface area contributed by atoms with Crippen LogP contribution in [0.15, 0.2) is 72.8 Å². The standard InChI is InChI=1S/C18H15N5/c1-2-9-15(10-3-1)23-18(20-21-22-23)13-19-17-12-6-8-14-7-4-5-11-16(14)17/h1-12,19H,13H2. The van der Waals surface area contributed by atoms with E-state index in [9.17, 15) is 0 Å². The minimum atomic E-state index is 0.551. The molecule has 23 heavy (non-hydrogen) atoms. The Morgan fingerprint density at radius 3 is 2.52 bits per heavy atom. The summed E-state index contributed by atoms with van der Waals surface area (Å²) in [6, 6.07) is 24.4. The lowest BCUT2D eigenvalue weighted by molar-refractivity contribution is 0.768. The van der Waals surface area contributed by atoms with Crippen LogP contribution in [0.2, 0.25) is 0 Å². The van der Waals surface area contributed by atoms with Gasteiger partial charge < -0.3 is 5.32 Å². The average Bonchev–Trinajstić information content (AvgIpc) is 3.09. The lowest BCUT2D eigenvalue weighted by atomic mass is 10.1. The van der Waals surface area contributed by atoms with Crippen molar-refractivity contribution in [1.29, 1.82) is 0 Å². The summed E-state index contributed by atoms with van der Waals surface area (Å²) in [7, 11) is 0. The van der Waals surface area contributed by atoms with Gasteiger partial charge in [0.15, 0.2) is 5.82 Å². The molecule has 0 radical (unpaired) electrons. The number of hydrogen-bond donors (Lipinski definition) is 1. The molecule has 0 aliphatic carbocycles. The van der Waals surface area contributed by atoms with Gasteiger partial charge in [-0.2, -0.15) is 4.68 Å². The zero-order chi connectivity index (χ0) is 15.5. The van der Waals surface area contributed by atoms with Crippen LogP contribution in [0.3, 0.4) is 0 Å². The summed E-state index contributed by atoms with van der Waals surface area (Å²) in [5.41, 5.74) is 2.03. The molecule has 0 unspecified atom stereocenters. The lowest BCUT2D eigenvalue weighted by Gasteiger charge is -2.10. The molecule has 0 saturated heterocycles. The van der Waals surface area contributed by atoms with Crippen LogP contribution in [-0.4, -0.2) is 20.2 Å². The highest BCUT2D eigenvalue weighted by Crippen LogP contribution is 2.23. The largest absolute Gasteiger partial charge is 0.377 e. The van der Waals surface area contributed by atoms with Crippen molar-refractivity contribution >= 4 is 16.5 Å². The van der Waals surface area contributed by atoms with Crippen LogP contribution in [0.25, 0.3) is 16.5 Å². The molecule has 0 aliphatic heterocycles.